The second-order valence-electron chi connectivity index (χ2n) is 7.05. The van der Waals surface area contributed by atoms with E-state index in [1.165, 1.54) is 0 Å². The van der Waals surface area contributed by atoms with Gasteiger partial charge in [0.25, 0.3) is 11.8 Å². The van der Waals surface area contributed by atoms with Crippen molar-refractivity contribution >= 4 is 17.3 Å². The Morgan fingerprint density at radius 1 is 1.14 bits per heavy atom. The monoisotopic (exact) mass is 376 g/mol. The summed E-state index contributed by atoms with van der Waals surface area (Å²) >= 11 is 0. The highest BCUT2D eigenvalue weighted by Gasteiger charge is 2.34. The van der Waals surface area contributed by atoms with Gasteiger partial charge in [-0.25, -0.2) is 4.98 Å². The number of aromatic nitrogens is 2. The number of imidazole rings is 1. The molecule has 3 heterocycles. The SMILES string of the molecule is CCCNC(=O)c1nc([C@H]2CCCN2C(=O)c2ccccc2)n2ccccc12. The Morgan fingerprint density at radius 2 is 1.93 bits per heavy atom. The summed E-state index contributed by atoms with van der Waals surface area (Å²) in [5.74, 6) is 0.586. The highest BCUT2D eigenvalue weighted by molar-refractivity contribution is 5.99. The maximum absolute atomic E-state index is 13.1. The second kappa shape index (κ2) is 7.84. The van der Waals surface area contributed by atoms with Crippen molar-refractivity contribution < 1.29 is 9.59 Å². The number of carbonyl (C=O) groups is 2. The van der Waals surface area contributed by atoms with Crippen LogP contribution in [0.3, 0.4) is 0 Å². The molecule has 1 saturated heterocycles. The highest BCUT2D eigenvalue weighted by atomic mass is 16.2. The van der Waals surface area contributed by atoms with Crippen LogP contribution in [-0.4, -0.2) is 39.2 Å². The van der Waals surface area contributed by atoms with Gasteiger partial charge in [0.15, 0.2) is 5.69 Å². The smallest absolute Gasteiger partial charge is 0.272 e. The van der Waals surface area contributed by atoms with Crippen LogP contribution in [0, 0.1) is 0 Å². The molecular formula is C22H24N4O2. The van der Waals surface area contributed by atoms with Crippen LogP contribution in [0.4, 0.5) is 0 Å². The minimum absolute atomic E-state index is 0.00719. The lowest BCUT2D eigenvalue weighted by Gasteiger charge is -2.24. The molecule has 28 heavy (non-hydrogen) atoms. The maximum Gasteiger partial charge on any atom is 0.272 e. The normalized spacial score (nSPS) is 16.5. The molecule has 0 bridgehead atoms. The fraction of sp³-hybridized carbons (Fsp3) is 0.318. The Labute approximate surface area is 164 Å². The van der Waals surface area contributed by atoms with E-state index in [0.29, 0.717) is 24.3 Å². The number of likely N-dealkylation sites (tertiary alicyclic amines) is 1. The number of rotatable bonds is 5. The van der Waals surface area contributed by atoms with Crippen molar-refractivity contribution in [2.75, 3.05) is 13.1 Å². The van der Waals surface area contributed by atoms with Gasteiger partial charge in [-0.05, 0) is 43.5 Å². The quantitative estimate of drug-likeness (QED) is 0.742. The summed E-state index contributed by atoms with van der Waals surface area (Å²) in [6.07, 6.45) is 4.54. The Bertz CT molecular complexity index is 996. The molecule has 0 unspecified atom stereocenters. The zero-order chi connectivity index (χ0) is 19.5. The Kier molecular flexibility index (Phi) is 5.10. The van der Waals surface area contributed by atoms with Gasteiger partial charge >= 0.3 is 0 Å². The van der Waals surface area contributed by atoms with Crippen molar-refractivity contribution in [3.63, 3.8) is 0 Å². The van der Waals surface area contributed by atoms with Crippen LogP contribution in [-0.2, 0) is 0 Å². The fourth-order valence-corrected chi connectivity index (χ4v) is 3.81. The van der Waals surface area contributed by atoms with Crippen molar-refractivity contribution in [2.24, 2.45) is 0 Å². The lowest BCUT2D eigenvalue weighted by atomic mass is 10.1. The van der Waals surface area contributed by atoms with Crippen LogP contribution in [0.15, 0.2) is 54.7 Å². The third-order valence-corrected chi connectivity index (χ3v) is 5.16. The predicted molar refractivity (Wildman–Crippen MR) is 107 cm³/mol. The molecule has 3 aromatic rings. The van der Waals surface area contributed by atoms with Gasteiger partial charge in [-0.2, -0.15) is 0 Å². The molecule has 6 nitrogen and oxygen atoms in total. The summed E-state index contributed by atoms with van der Waals surface area (Å²) in [4.78, 5) is 32.3. The lowest BCUT2D eigenvalue weighted by Crippen LogP contribution is -2.31. The molecule has 1 N–H and O–H groups in total. The summed E-state index contributed by atoms with van der Waals surface area (Å²) in [6, 6.07) is 14.9. The molecule has 1 aliphatic rings. The molecule has 0 saturated carbocycles. The Hall–Kier alpha value is -3.15. The number of pyridine rings is 1. The van der Waals surface area contributed by atoms with Gasteiger partial charge in [-0.3, -0.25) is 9.59 Å². The van der Waals surface area contributed by atoms with Crippen LogP contribution >= 0.6 is 0 Å². The largest absolute Gasteiger partial charge is 0.351 e. The Balaban J connectivity index is 1.72. The zero-order valence-corrected chi connectivity index (χ0v) is 16.0. The van der Waals surface area contributed by atoms with E-state index in [0.717, 1.165) is 30.6 Å². The third kappa shape index (κ3) is 3.26. The van der Waals surface area contributed by atoms with E-state index in [2.05, 4.69) is 5.32 Å². The van der Waals surface area contributed by atoms with Crippen LogP contribution in [0.2, 0.25) is 0 Å². The van der Waals surface area contributed by atoms with Crippen molar-refractivity contribution in [3.05, 3.63) is 71.8 Å². The minimum Gasteiger partial charge on any atom is -0.351 e. The molecule has 144 valence electrons. The molecule has 1 atom stereocenters. The number of hydrogen-bond donors (Lipinski definition) is 1. The van der Waals surface area contributed by atoms with E-state index in [-0.39, 0.29) is 17.9 Å². The highest BCUT2D eigenvalue weighted by Crippen LogP contribution is 2.33. The molecule has 0 radical (unpaired) electrons. The number of amides is 2. The standard InChI is InChI=1S/C22H24N4O2/c1-2-13-23-21(27)19-17-11-6-7-14-25(17)20(24-19)18-12-8-15-26(18)22(28)16-9-4-3-5-10-16/h3-7,9-11,14,18H,2,8,12-13,15H2,1H3,(H,23,27)/t18-/m1/s1. The number of hydrogen-bond acceptors (Lipinski definition) is 3. The van der Waals surface area contributed by atoms with E-state index in [1.54, 1.807) is 0 Å². The van der Waals surface area contributed by atoms with E-state index in [1.807, 2.05) is 71.0 Å². The van der Waals surface area contributed by atoms with Gasteiger partial charge in [0.1, 0.15) is 5.82 Å². The molecule has 6 heteroatoms. The average molecular weight is 376 g/mol. The second-order valence-corrected chi connectivity index (χ2v) is 7.05. The van der Waals surface area contributed by atoms with Crippen molar-refractivity contribution in [1.29, 1.82) is 0 Å². The van der Waals surface area contributed by atoms with Crippen molar-refractivity contribution in [1.82, 2.24) is 19.6 Å². The van der Waals surface area contributed by atoms with E-state index in [4.69, 9.17) is 4.98 Å². The van der Waals surface area contributed by atoms with Crippen LogP contribution in [0.25, 0.3) is 5.52 Å². The zero-order valence-electron chi connectivity index (χ0n) is 16.0. The van der Waals surface area contributed by atoms with E-state index >= 15 is 0 Å². The summed E-state index contributed by atoms with van der Waals surface area (Å²) in [5.41, 5.74) is 1.87. The summed E-state index contributed by atoms with van der Waals surface area (Å²) in [5, 5.41) is 2.91. The third-order valence-electron chi connectivity index (χ3n) is 5.16. The number of benzene rings is 1. The molecule has 2 amide bonds. The summed E-state index contributed by atoms with van der Waals surface area (Å²) in [7, 11) is 0. The van der Waals surface area contributed by atoms with Gasteiger partial charge in [0.2, 0.25) is 0 Å². The first-order chi connectivity index (χ1) is 13.7. The van der Waals surface area contributed by atoms with Crippen molar-refractivity contribution in [3.8, 4) is 0 Å². The van der Waals surface area contributed by atoms with E-state index < -0.39 is 0 Å². The van der Waals surface area contributed by atoms with Crippen molar-refractivity contribution in [2.45, 2.75) is 32.2 Å². The first-order valence-corrected chi connectivity index (χ1v) is 9.82. The number of nitrogens with one attached hydrogen (secondary N) is 1. The Morgan fingerprint density at radius 3 is 2.71 bits per heavy atom. The molecule has 1 aromatic carbocycles. The summed E-state index contributed by atoms with van der Waals surface area (Å²) < 4.78 is 1.95. The lowest BCUT2D eigenvalue weighted by molar-refractivity contribution is 0.0729. The first-order valence-electron chi connectivity index (χ1n) is 9.82. The van der Waals surface area contributed by atoms with Crippen LogP contribution in [0.5, 0.6) is 0 Å². The van der Waals surface area contributed by atoms with Crippen LogP contribution < -0.4 is 5.32 Å². The molecular weight excluding hydrogens is 352 g/mol. The average Bonchev–Trinajstić information content (AvgIpc) is 3.37. The molecule has 4 rings (SSSR count). The van der Waals surface area contributed by atoms with Gasteiger partial charge in [-0.15, -0.1) is 0 Å². The van der Waals surface area contributed by atoms with Gasteiger partial charge in [0, 0.05) is 24.8 Å². The van der Waals surface area contributed by atoms with E-state index in [9.17, 15) is 9.59 Å². The molecule has 1 aliphatic heterocycles. The topological polar surface area (TPSA) is 66.7 Å². The van der Waals surface area contributed by atoms with Gasteiger partial charge in [0.05, 0.1) is 11.6 Å². The minimum atomic E-state index is -0.171. The van der Waals surface area contributed by atoms with Gasteiger partial charge in [-0.1, -0.05) is 31.2 Å². The molecule has 2 aromatic heterocycles. The molecule has 0 aliphatic carbocycles. The number of fused-ring (bicyclic) bond motifs is 1. The summed E-state index contributed by atoms with van der Waals surface area (Å²) in [6.45, 7) is 3.32. The molecule has 1 fully saturated rings. The molecule has 0 spiro atoms. The van der Waals surface area contributed by atoms with Gasteiger partial charge < -0.3 is 14.6 Å². The fourth-order valence-electron chi connectivity index (χ4n) is 3.81. The predicted octanol–water partition coefficient (Wildman–Crippen LogP) is 3.45. The number of carbonyl (C=O) groups excluding carboxylic acids is 2. The first kappa shape index (κ1) is 18.2. The van der Waals surface area contributed by atoms with Crippen LogP contribution in [0.1, 0.15) is 58.9 Å². The maximum atomic E-state index is 13.1. The number of nitrogens with zero attached hydrogens (tertiary/aromatic N) is 3.